The molecule has 1 aliphatic rings. The number of fused-ring (bicyclic) bond motifs is 3. The van der Waals surface area contributed by atoms with Crippen molar-refractivity contribution in [3.63, 3.8) is 0 Å². The van der Waals surface area contributed by atoms with Crippen LogP contribution >= 0.6 is 11.3 Å². The maximum absolute atomic E-state index is 4.70. The van der Waals surface area contributed by atoms with Crippen molar-refractivity contribution in [2.24, 2.45) is 0 Å². The first-order valence-electron chi connectivity index (χ1n) is 13.6. The summed E-state index contributed by atoms with van der Waals surface area (Å²) >= 11 is 1.93. The van der Waals surface area contributed by atoms with Gasteiger partial charge in [0.1, 0.15) is 0 Å². The van der Waals surface area contributed by atoms with Gasteiger partial charge in [-0.2, -0.15) is 11.3 Å². The SMILES string of the molecule is C[Si](C)(C)c1cccc2c1sc1c(-c3cc(C4CC4)ccn3)[c-]ccc12.Cc1ccc(-c2[c-]cccc2)nc1.[Ir]. The number of nitrogens with zero attached hydrogens (tertiary/aromatic N) is 2. The second-order valence-electron chi connectivity index (χ2n) is 11.4. The average molecular weight is 733 g/mol. The molecule has 3 aromatic heterocycles. The molecular formula is C35H32IrN2SSi-2. The van der Waals surface area contributed by atoms with Crippen molar-refractivity contribution in [2.75, 3.05) is 0 Å². The molecule has 0 unspecified atom stereocenters. The zero-order valence-corrected chi connectivity index (χ0v) is 27.5. The molecule has 1 fully saturated rings. The van der Waals surface area contributed by atoms with Crippen molar-refractivity contribution in [1.29, 1.82) is 0 Å². The van der Waals surface area contributed by atoms with E-state index in [2.05, 4.69) is 85.3 Å². The third-order valence-corrected chi connectivity index (χ3v) is 10.7. The second-order valence-corrected chi connectivity index (χ2v) is 17.4. The van der Waals surface area contributed by atoms with Crippen molar-refractivity contribution >= 4 is 44.8 Å². The van der Waals surface area contributed by atoms with Crippen molar-refractivity contribution in [3.05, 3.63) is 115 Å². The van der Waals surface area contributed by atoms with Gasteiger partial charge in [-0.25, -0.2) is 0 Å². The first-order chi connectivity index (χ1) is 18.9. The number of aromatic nitrogens is 2. The van der Waals surface area contributed by atoms with Crippen LogP contribution in [0, 0.1) is 19.1 Å². The molecule has 3 heterocycles. The van der Waals surface area contributed by atoms with E-state index in [9.17, 15) is 0 Å². The van der Waals surface area contributed by atoms with Gasteiger partial charge in [0.15, 0.2) is 0 Å². The molecule has 6 aromatic rings. The Morgan fingerprint density at radius 1 is 0.800 bits per heavy atom. The quantitative estimate of drug-likeness (QED) is 0.134. The van der Waals surface area contributed by atoms with E-state index in [1.165, 1.54) is 44.1 Å². The summed E-state index contributed by atoms with van der Waals surface area (Å²) in [7, 11) is -1.39. The third kappa shape index (κ3) is 6.03. The number of rotatable bonds is 4. The molecule has 0 spiro atoms. The van der Waals surface area contributed by atoms with Crippen molar-refractivity contribution < 1.29 is 20.1 Å². The van der Waals surface area contributed by atoms with Gasteiger partial charge in [0, 0.05) is 37.2 Å². The molecule has 0 aliphatic heterocycles. The Balaban J connectivity index is 0.000000195. The summed E-state index contributed by atoms with van der Waals surface area (Å²) in [6.07, 6.45) is 6.48. The summed E-state index contributed by atoms with van der Waals surface area (Å²) in [5, 5.41) is 4.29. The first-order valence-corrected chi connectivity index (χ1v) is 17.9. The van der Waals surface area contributed by atoms with E-state index in [0.717, 1.165) is 28.4 Å². The zero-order chi connectivity index (χ0) is 27.0. The second kappa shape index (κ2) is 11.9. The fourth-order valence-corrected chi connectivity index (χ4v) is 8.69. The van der Waals surface area contributed by atoms with Crippen LogP contribution in [0.25, 0.3) is 42.7 Å². The molecule has 0 N–H and O–H groups in total. The number of hydrogen-bond donors (Lipinski definition) is 0. The van der Waals surface area contributed by atoms with Crippen LogP contribution in [0.1, 0.15) is 29.9 Å². The van der Waals surface area contributed by atoms with Crippen LogP contribution in [0.2, 0.25) is 19.6 Å². The minimum atomic E-state index is -1.39. The van der Waals surface area contributed by atoms with Crippen molar-refractivity contribution in [2.45, 2.75) is 45.3 Å². The molecule has 0 amide bonds. The molecule has 7 rings (SSSR count). The van der Waals surface area contributed by atoms with Gasteiger partial charge in [0.25, 0.3) is 0 Å². The van der Waals surface area contributed by atoms with E-state index >= 15 is 0 Å². The smallest absolute Gasteiger partial charge is 0.0794 e. The molecule has 40 heavy (non-hydrogen) atoms. The van der Waals surface area contributed by atoms with Gasteiger partial charge in [0.05, 0.1) is 8.07 Å². The van der Waals surface area contributed by atoms with Crippen LogP contribution in [0.15, 0.2) is 91.3 Å². The Labute approximate surface area is 255 Å². The van der Waals surface area contributed by atoms with Gasteiger partial charge < -0.3 is 9.97 Å². The number of hydrogen-bond acceptors (Lipinski definition) is 3. The van der Waals surface area contributed by atoms with Crippen molar-refractivity contribution in [1.82, 2.24) is 9.97 Å². The predicted octanol–water partition coefficient (Wildman–Crippen LogP) is 9.19. The summed E-state index contributed by atoms with van der Waals surface area (Å²) in [4.78, 5) is 9.01. The summed E-state index contributed by atoms with van der Waals surface area (Å²) in [5.41, 5.74) is 6.87. The summed E-state index contributed by atoms with van der Waals surface area (Å²) in [6, 6.07) is 34.1. The molecule has 1 aliphatic carbocycles. The Morgan fingerprint density at radius 2 is 1.62 bits per heavy atom. The van der Waals surface area contributed by atoms with E-state index < -0.39 is 8.07 Å². The van der Waals surface area contributed by atoms with Crippen molar-refractivity contribution in [3.8, 4) is 22.5 Å². The maximum Gasteiger partial charge on any atom is 0.0794 e. The van der Waals surface area contributed by atoms with Gasteiger partial charge in [-0.1, -0.05) is 67.0 Å². The monoisotopic (exact) mass is 733 g/mol. The van der Waals surface area contributed by atoms with Crippen LogP contribution < -0.4 is 5.19 Å². The van der Waals surface area contributed by atoms with Gasteiger partial charge in [-0.3, -0.25) is 0 Å². The molecule has 0 bridgehead atoms. The number of thiophene rings is 1. The summed E-state index contributed by atoms with van der Waals surface area (Å²) in [6.45, 7) is 9.32. The zero-order valence-electron chi connectivity index (χ0n) is 23.3. The van der Waals surface area contributed by atoms with Crippen LogP contribution in [-0.2, 0) is 20.1 Å². The van der Waals surface area contributed by atoms with Crippen LogP contribution in [0.4, 0.5) is 0 Å². The van der Waals surface area contributed by atoms with Crippen LogP contribution in [0.5, 0.6) is 0 Å². The van der Waals surface area contributed by atoms with Gasteiger partial charge in [-0.05, 0) is 64.0 Å². The van der Waals surface area contributed by atoms with E-state index in [0.29, 0.717) is 0 Å². The Kier molecular flexibility index (Phi) is 8.49. The fourth-order valence-electron chi connectivity index (χ4n) is 4.98. The topological polar surface area (TPSA) is 25.8 Å². The summed E-state index contributed by atoms with van der Waals surface area (Å²) in [5.74, 6) is 0.747. The molecule has 0 saturated heterocycles. The molecule has 2 nitrogen and oxygen atoms in total. The Morgan fingerprint density at radius 3 is 2.33 bits per heavy atom. The minimum Gasteiger partial charge on any atom is -0.305 e. The predicted molar refractivity (Wildman–Crippen MR) is 170 cm³/mol. The van der Waals surface area contributed by atoms with Crippen LogP contribution in [0.3, 0.4) is 0 Å². The van der Waals surface area contributed by atoms with Gasteiger partial charge in [0.2, 0.25) is 0 Å². The van der Waals surface area contributed by atoms with E-state index in [-0.39, 0.29) is 20.1 Å². The largest absolute Gasteiger partial charge is 0.305 e. The third-order valence-electron chi connectivity index (χ3n) is 7.25. The minimum absolute atomic E-state index is 0. The normalized spacial score (nSPS) is 13.0. The molecule has 5 heteroatoms. The standard InChI is InChI=1S/C23H22NSSi.C12H10N.Ir/c1-26(2,3)21-9-5-7-18-17-6-4-8-19(22(17)25-23(18)21)20-14-16(12-13-24-20)15-10-11-15;1-10-7-8-12(13-9-10)11-5-3-2-4-6-11;/h4-7,9,12-15H,10-11H2,1-3H3;2-5,7-9H,1H3;/q2*-1;. The Hall–Kier alpha value is -2.95. The first kappa shape index (κ1) is 28.6. The van der Waals surface area contributed by atoms with E-state index in [1.807, 2.05) is 61.0 Å². The molecular weight excluding hydrogens is 701 g/mol. The molecule has 0 atom stereocenters. The Bertz CT molecular complexity index is 1750. The van der Waals surface area contributed by atoms with Gasteiger partial charge in [-0.15, -0.1) is 59.7 Å². The van der Waals surface area contributed by atoms with Gasteiger partial charge >= 0.3 is 0 Å². The molecule has 3 aromatic carbocycles. The van der Waals surface area contributed by atoms with Crippen LogP contribution in [-0.4, -0.2) is 18.0 Å². The molecule has 203 valence electrons. The van der Waals surface area contributed by atoms with E-state index in [4.69, 9.17) is 4.98 Å². The number of benzene rings is 3. The number of pyridine rings is 2. The average Bonchev–Trinajstić information content (AvgIpc) is 3.74. The summed E-state index contributed by atoms with van der Waals surface area (Å²) < 4.78 is 2.79. The molecule has 1 saturated carbocycles. The van der Waals surface area contributed by atoms with E-state index in [1.54, 1.807) is 5.19 Å². The molecule has 1 radical (unpaired) electrons. The maximum atomic E-state index is 4.70. The number of aryl methyl sites for hydroxylation is 1. The fraction of sp³-hybridized carbons (Fsp3) is 0.200.